The molecule has 0 aromatic carbocycles. The Hall–Kier alpha value is -2.86. The Bertz CT molecular complexity index is 1280. The Morgan fingerprint density at radius 3 is 2.85 bits per heavy atom. The summed E-state index contributed by atoms with van der Waals surface area (Å²) in [6.45, 7) is -2.78. The van der Waals surface area contributed by atoms with Gasteiger partial charge in [-0.1, -0.05) is 24.4 Å². The van der Waals surface area contributed by atoms with Gasteiger partial charge in [0.1, 0.15) is 12.2 Å². The molecule has 1 saturated heterocycles. The van der Waals surface area contributed by atoms with Crippen LogP contribution >= 0.6 is 11.6 Å². The molecule has 1 saturated carbocycles. The van der Waals surface area contributed by atoms with Crippen molar-refractivity contribution in [2.45, 2.75) is 56.3 Å². The number of hydrogen-bond donors (Lipinski definition) is 4. The summed E-state index contributed by atoms with van der Waals surface area (Å²) in [7, 11) is 0. The predicted octanol–water partition coefficient (Wildman–Crippen LogP) is 1.26. The zero-order valence-corrected chi connectivity index (χ0v) is 18.1. The summed E-state index contributed by atoms with van der Waals surface area (Å²) in [5, 5.41) is 26.8. The second kappa shape index (κ2) is 8.82. The Morgan fingerprint density at radius 2 is 2.09 bits per heavy atom. The van der Waals surface area contributed by atoms with Gasteiger partial charge in [0.05, 0.1) is 11.3 Å². The summed E-state index contributed by atoms with van der Waals surface area (Å²) in [6.07, 6.45) is 2.47. The first-order valence-corrected chi connectivity index (χ1v) is 10.9. The molecule has 0 spiro atoms. The molecule has 5 rings (SSSR count). The number of imidazole rings is 1. The highest BCUT2D eigenvalue weighted by atomic mass is 35.5. The van der Waals surface area contributed by atoms with Crippen molar-refractivity contribution < 1.29 is 23.9 Å². The monoisotopic (exact) mass is 476 g/mol. The molecule has 3 aromatic rings. The molecular formula is C21H24ClN7O4. The second-order valence-corrected chi connectivity index (χ2v) is 8.59. The van der Waals surface area contributed by atoms with Crippen molar-refractivity contribution in [2.24, 2.45) is 0 Å². The van der Waals surface area contributed by atoms with E-state index in [1.54, 1.807) is 17.6 Å². The topological polar surface area (TPSA) is 147 Å². The number of carbonyl (C=O) groups is 1. The molecule has 4 N–H and O–H groups in total. The quantitative estimate of drug-likeness (QED) is 0.427. The summed E-state index contributed by atoms with van der Waals surface area (Å²) in [4.78, 5) is 30.1. The molecule has 4 heterocycles. The molecule has 12 heteroatoms. The molecule has 0 radical (unpaired) electrons. The van der Waals surface area contributed by atoms with Crippen LogP contribution in [-0.2, 0) is 9.53 Å². The van der Waals surface area contributed by atoms with Gasteiger partial charge in [-0.05, 0) is 18.9 Å². The number of aliphatic hydroxyl groups is 2. The number of nitrogens with zero attached hydrogens (tertiary/aromatic N) is 5. The molecule has 3 aromatic heterocycles. The number of carbonyl (C=O) groups excluding carboxylic acids is 1. The van der Waals surface area contributed by atoms with E-state index in [4.69, 9.17) is 20.5 Å². The third-order valence-electron chi connectivity index (χ3n) is 5.97. The van der Waals surface area contributed by atoms with Crippen molar-refractivity contribution in [3.8, 4) is 11.4 Å². The third kappa shape index (κ3) is 4.01. The minimum Gasteiger partial charge on any atom is -0.387 e. The highest BCUT2D eigenvalue weighted by Crippen LogP contribution is 2.34. The standard InChI is InChI=1S/C21H24ClN7O4/c1-23-20(32)16-14(30)15(31)21(33-16)29-9-25-13-18(26-12-4-2-3-5-12)27-17(28-19(13)29)10-6-11(22)8-24-7-10/h6-9,12,14-16,21,30-31H,2-5H2,1H3,(H,23,32)(H,26,27,28)/t14-,15+,16-,21+/m0/s1/i1D3. The SMILES string of the molecule is [2H]C([2H])([2H])NC(=O)[C@H]1O[C@@H](n2cnc3c(NC4CCCC4)nc(-c4cncc(Cl)c4)nc32)[C@H](O)[C@@H]1O. The van der Waals surface area contributed by atoms with Gasteiger partial charge in [-0.2, -0.15) is 0 Å². The highest BCUT2D eigenvalue weighted by molar-refractivity contribution is 6.30. The van der Waals surface area contributed by atoms with Gasteiger partial charge in [-0.15, -0.1) is 0 Å². The molecule has 1 aliphatic heterocycles. The van der Waals surface area contributed by atoms with E-state index < -0.39 is 37.4 Å². The van der Waals surface area contributed by atoms with Crippen LogP contribution in [0.2, 0.25) is 5.02 Å². The lowest BCUT2D eigenvalue weighted by molar-refractivity contribution is -0.137. The van der Waals surface area contributed by atoms with Crippen LogP contribution in [0, 0.1) is 0 Å². The molecule has 174 valence electrons. The van der Waals surface area contributed by atoms with E-state index >= 15 is 0 Å². The van der Waals surface area contributed by atoms with E-state index in [0.29, 0.717) is 27.7 Å². The van der Waals surface area contributed by atoms with Crippen LogP contribution < -0.4 is 10.6 Å². The lowest BCUT2D eigenvalue weighted by Crippen LogP contribution is -2.41. The zero-order chi connectivity index (χ0) is 25.6. The van der Waals surface area contributed by atoms with Crippen molar-refractivity contribution in [1.29, 1.82) is 0 Å². The van der Waals surface area contributed by atoms with E-state index in [-0.39, 0.29) is 11.7 Å². The molecule has 2 aliphatic rings. The summed E-state index contributed by atoms with van der Waals surface area (Å²) in [5.74, 6) is -0.299. The number of rotatable bonds is 5. The number of hydrogen-bond acceptors (Lipinski definition) is 9. The van der Waals surface area contributed by atoms with Crippen molar-refractivity contribution in [3.63, 3.8) is 0 Å². The van der Waals surface area contributed by atoms with Crippen LogP contribution in [0.15, 0.2) is 24.8 Å². The number of likely N-dealkylation sites (N-methyl/N-ethyl adjacent to an activating group) is 1. The summed E-state index contributed by atoms with van der Waals surface area (Å²) < 4.78 is 28.7. The van der Waals surface area contributed by atoms with Gasteiger partial charge in [0.2, 0.25) is 0 Å². The van der Waals surface area contributed by atoms with E-state index in [1.807, 2.05) is 0 Å². The number of pyridine rings is 1. The number of fused-ring (bicyclic) bond motifs is 1. The van der Waals surface area contributed by atoms with Gasteiger partial charge in [0, 0.05) is 35.1 Å². The summed E-state index contributed by atoms with van der Waals surface area (Å²) in [5.41, 5.74) is 1.23. The fraction of sp³-hybridized carbons (Fsp3) is 0.476. The van der Waals surface area contributed by atoms with Crippen LogP contribution in [0.4, 0.5) is 5.82 Å². The van der Waals surface area contributed by atoms with Crippen LogP contribution in [0.1, 0.15) is 36.0 Å². The maximum Gasteiger partial charge on any atom is 0.251 e. The van der Waals surface area contributed by atoms with Gasteiger partial charge in [0.25, 0.3) is 5.91 Å². The average molecular weight is 477 g/mol. The molecule has 11 nitrogen and oxygen atoms in total. The number of nitrogens with one attached hydrogen (secondary N) is 2. The first-order chi connectivity index (χ1) is 17.1. The Morgan fingerprint density at radius 1 is 1.27 bits per heavy atom. The van der Waals surface area contributed by atoms with E-state index in [9.17, 15) is 15.0 Å². The zero-order valence-electron chi connectivity index (χ0n) is 20.3. The minimum atomic E-state index is -2.78. The first-order valence-electron chi connectivity index (χ1n) is 12.1. The van der Waals surface area contributed by atoms with Gasteiger partial charge >= 0.3 is 0 Å². The molecule has 1 aliphatic carbocycles. The van der Waals surface area contributed by atoms with Crippen LogP contribution in [-0.4, -0.2) is 72.0 Å². The number of aliphatic hydroxyl groups excluding tert-OH is 2. The van der Waals surface area contributed by atoms with E-state index in [2.05, 4.69) is 25.3 Å². The lowest BCUT2D eigenvalue weighted by Gasteiger charge is -2.18. The molecular weight excluding hydrogens is 450 g/mol. The molecule has 33 heavy (non-hydrogen) atoms. The number of halogens is 1. The summed E-state index contributed by atoms with van der Waals surface area (Å²) >= 11 is 6.12. The van der Waals surface area contributed by atoms with Crippen molar-refractivity contribution >= 4 is 34.5 Å². The normalized spacial score (nSPS) is 27.3. The number of ether oxygens (including phenoxy) is 1. The van der Waals surface area contributed by atoms with Crippen molar-refractivity contribution in [2.75, 3.05) is 12.3 Å². The fourth-order valence-electron chi connectivity index (χ4n) is 4.31. The fourth-order valence-corrected chi connectivity index (χ4v) is 4.48. The van der Waals surface area contributed by atoms with Gasteiger partial charge < -0.3 is 25.6 Å². The Balaban J connectivity index is 1.55. The number of amides is 1. The van der Waals surface area contributed by atoms with Crippen LogP contribution in [0.5, 0.6) is 0 Å². The molecule has 2 fully saturated rings. The van der Waals surface area contributed by atoms with Crippen LogP contribution in [0.3, 0.4) is 0 Å². The minimum absolute atomic E-state index is 0.210. The second-order valence-electron chi connectivity index (χ2n) is 8.16. The largest absolute Gasteiger partial charge is 0.387 e. The lowest BCUT2D eigenvalue weighted by atomic mass is 10.1. The van der Waals surface area contributed by atoms with Crippen LogP contribution in [0.25, 0.3) is 22.6 Å². The maximum absolute atomic E-state index is 12.4. The van der Waals surface area contributed by atoms with Crippen molar-refractivity contribution in [3.05, 3.63) is 29.8 Å². The van der Waals surface area contributed by atoms with Crippen molar-refractivity contribution in [1.82, 2.24) is 29.8 Å². The molecule has 4 atom stereocenters. The predicted molar refractivity (Wildman–Crippen MR) is 119 cm³/mol. The van der Waals surface area contributed by atoms with E-state index in [0.717, 1.165) is 25.7 Å². The smallest absolute Gasteiger partial charge is 0.251 e. The van der Waals surface area contributed by atoms with Gasteiger partial charge in [-0.3, -0.25) is 14.3 Å². The van der Waals surface area contributed by atoms with Gasteiger partial charge in [-0.25, -0.2) is 15.0 Å². The Labute approximate surface area is 198 Å². The molecule has 0 bridgehead atoms. The molecule has 0 unspecified atom stereocenters. The maximum atomic E-state index is 12.4. The van der Waals surface area contributed by atoms with Gasteiger partial charge in [0.15, 0.2) is 35.1 Å². The highest BCUT2D eigenvalue weighted by Gasteiger charge is 2.47. The van der Waals surface area contributed by atoms with E-state index in [1.165, 1.54) is 17.1 Å². The first kappa shape index (κ1) is 18.6. The molecule has 1 amide bonds. The third-order valence-corrected chi connectivity index (χ3v) is 6.18. The average Bonchev–Trinajstić information content (AvgIpc) is 3.53. The Kier molecular flexibility index (Phi) is 4.96. The number of aromatic nitrogens is 5. The summed E-state index contributed by atoms with van der Waals surface area (Å²) in [6, 6.07) is 1.87. The number of anilines is 1.